The lowest BCUT2D eigenvalue weighted by Gasteiger charge is -2.15. The maximum absolute atomic E-state index is 10.2. The molecule has 0 spiro atoms. The number of fused-ring (bicyclic) bond motifs is 6. The van der Waals surface area contributed by atoms with Crippen molar-refractivity contribution in [3.63, 3.8) is 0 Å². The molecule has 0 unspecified atom stereocenters. The second-order valence-corrected chi connectivity index (χ2v) is 12.0. The molecule has 0 radical (unpaired) electrons. The molecule has 0 atom stereocenters. The van der Waals surface area contributed by atoms with Crippen LogP contribution in [0.3, 0.4) is 0 Å². The summed E-state index contributed by atoms with van der Waals surface area (Å²) in [6, 6.07) is 58.9. The van der Waals surface area contributed by atoms with Gasteiger partial charge in [-0.3, -0.25) is 0 Å². The highest BCUT2D eigenvalue weighted by Crippen LogP contribution is 2.38. The fraction of sp³-hybridized carbons (Fsp3) is 0. The van der Waals surface area contributed by atoms with Gasteiger partial charge in [0.15, 0.2) is 0 Å². The molecule has 48 heavy (non-hydrogen) atoms. The Kier molecular flexibility index (Phi) is 6.22. The molecule has 4 nitrogen and oxygen atoms in total. The maximum Gasteiger partial charge on any atom is 0.101 e. The molecule has 0 amide bonds. The summed E-state index contributed by atoms with van der Waals surface area (Å²) in [5.41, 5.74) is 11.5. The fourth-order valence-corrected chi connectivity index (χ4v) is 7.29. The Morgan fingerprint density at radius 2 is 0.979 bits per heavy atom. The molecule has 0 fully saturated rings. The fourth-order valence-electron chi connectivity index (χ4n) is 7.29. The number of benzene rings is 7. The third-order valence-electron chi connectivity index (χ3n) is 9.37. The van der Waals surface area contributed by atoms with Crippen LogP contribution in [0.25, 0.3) is 77.2 Å². The number of nitriles is 2. The second-order valence-electron chi connectivity index (χ2n) is 12.0. The molecule has 4 heteroatoms. The van der Waals surface area contributed by atoms with Gasteiger partial charge in [0, 0.05) is 32.8 Å². The second kappa shape index (κ2) is 10.9. The van der Waals surface area contributed by atoms with Gasteiger partial charge in [-0.2, -0.15) is 10.5 Å². The van der Waals surface area contributed by atoms with E-state index in [0.717, 1.165) is 66.5 Å². The van der Waals surface area contributed by atoms with E-state index in [9.17, 15) is 10.5 Å². The van der Waals surface area contributed by atoms with Gasteiger partial charge in [-0.15, -0.1) is 0 Å². The Morgan fingerprint density at radius 3 is 1.65 bits per heavy atom. The topological polar surface area (TPSA) is 57.4 Å². The summed E-state index contributed by atoms with van der Waals surface area (Å²) in [6.07, 6.45) is 0. The summed E-state index contributed by atoms with van der Waals surface area (Å²) in [5, 5.41) is 24.7. The molecule has 0 aliphatic heterocycles. The first-order chi connectivity index (χ1) is 23.7. The van der Waals surface area contributed by atoms with E-state index in [0.29, 0.717) is 11.1 Å². The van der Waals surface area contributed by atoms with E-state index < -0.39 is 0 Å². The molecule has 222 valence electrons. The zero-order chi connectivity index (χ0) is 32.2. The molecule has 9 aromatic rings. The highest BCUT2D eigenvalue weighted by atomic mass is 15.0. The minimum atomic E-state index is 0.602. The Labute approximate surface area is 277 Å². The molecule has 0 N–H and O–H groups in total. The summed E-state index contributed by atoms with van der Waals surface area (Å²) in [6.45, 7) is 0. The molecule has 0 aliphatic carbocycles. The molecule has 9 rings (SSSR count). The van der Waals surface area contributed by atoms with Crippen LogP contribution in [0.15, 0.2) is 158 Å². The first-order valence-corrected chi connectivity index (χ1v) is 15.9. The van der Waals surface area contributed by atoms with Gasteiger partial charge in [0.05, 0.1) is 45.0 Å². The zero-order valence-electron chi connectivity index (χ0n) is 25.8. The van der Waals surface area contributed by atoms with E-state index in [-0.39, 0.29) is 0 Å². The van der Waals surface area contributed by atoms with E-state index in [4.69, 9.17) is 0 Å². The van der Waals surface area contributed by atoms with Gasteiger partial charge in [-0.25, -0.2) is 0 Å². The van der Waals surface area contributed by atoms with Gasteiger partial charge in [0.2, 0.25) is 0 Å². The Balaban J connectivity index is 1.20. The first kappa shape index (κ1) is 27.4. The number of rotatable bonds is 4. The van der Waals surface area contributed by atoms with Crippen LogP contribution >= 0.6 is 0 Å². The highest BCUT2D eigenvalue weighted by molar-refractivity contribution is 6.11. The van der Waals surface area contributed by atoms with Crippen LogP contribution in [0.5, 0.6) is 0 Å². The van der Waals surface area contributed by atoms with Crippen molar-refractivity contribution in [2.45, 2.75) is 0 Å². The molecule has 0 saturated carbocycles. The monoisotopic (exact) mass is 610 g/mol. The molecule has 7 aromatic carbocycles. The minimum absolute atomic E-state index is 0.602. The van der Waals surface area contributed by atoms with Crippen molar-refractivity contribution >= 4 is 43.6 Å². The van der Waals surface area contributed by atoms with Crippen LogP contribution in [0.4, 0.5) is 0 Å². The van der Waals surface area contributed by atoms with Crippen LogP contribution in [-0.2, 0) is 0 Å². The molecular formula is C44H26N4. The van der Waals surface area contributed by atoms with Crippen LogP contribution in [0.2, 0.25) is 0 Å². The average Bonchev–Trinajstić information content (AvgIpc) is 3.68. The van der Waals surface area contributed by atoms with Gasteiger partial charge in [-0.05, 0) is 77.4 Å². The quantitative estimate of drug-likeness (QED) is 0.199. The van der Waals surface area contributed by atoms with Gasteiger partial charge in [-0.1, -0.05) is 97.1 Å². The lowest BCUT2D eigenvalue weighted by atomic mass is 9.95. The van der Waals surface area contributed by atoms with E-state index >= 15 is 0 Å². The maximum atomic E-state index is 10.2. The molecule has 2 aromatic heterocycles. The van der Waals surface area contributed by atoms with Crippen molar-refractivity contribution in [2.75, 3.05) is 0 Å². The van der Waals surface area contributed by atoms with E-state index in [1.54, 1.807) is 0 Å². The van der Waals surface area contributed by atoms with Crippen molar-refractivity contribution in [2.24, 2.45) is 0 Å². The summed E-state index contributed by atoms with van der Waals surface area (Å²) >= 11 is 0. The Bertz CT molecular complexity index is 2750. The number of para-hydroxylation sites is 5. The average molecular weight is 611 g/mol. The molecular weight excluding hydrogens is 585 g/mol. The highest BCUT2D eigenvalue weighted by Gasteiger charge is 2.17. The van der Waals surface area contributed by atoms with Crippen molar-refractivity contribution in [1.29, 1.82) is 10.5 Å². The third-order valence-corrected chi connectivity index (χ3v) is 9.37. The summed E-state index contributed by atoms with van der Waals surface area (Å²) in [5.74, 6) is 0. The standard InChI is InChI=1S/C44H26N4/c45-27-29-24-32(30-20-22-34(23-21-30)47-41-17-6-4-14-38(41)39-15-9-10-31(28-46)44(39)47)26-33(25-29)35-11-1-5-16-40(35)48-42-18-7-2-12-36(42)37-13-3-8-19-43(37)48/h1-26H. The number of hydrogen-bond donors (Lipinski definition) is 0. The smallest absolute Gasteiger partial charge is 0.101 e. The summed E-state index contributed by atoms with van der Waals surface area (Å²) < 4.78 is 4.50. The molecule has 0 aliphatic rings. The summed E-state index contributed by atoms with van der Waals surface area (Å²) in [4.78, 5) is 0. The predicted octanol–water partition coefficient (Wildman–Crippen LogP) is 11.0. The van der Waals surface area contributed by atoms with Gasteiger partial charge >= 0.3 is 0 Å². The van der Waals surface area contributed by atoms with Crippen molar-refractivity contribution in [3.8, 4) is 45.8 Å². The van der Waals surface area contributed by atoms with Crippen LogP contribution in [0, 0.1) is 22.7 Å². The molecule has 0 bridgehead atoms. The zero-order valence-corrected chi connectivity index (χ0v) is 25.8. The van der Waals surface area contributed by atoms with Gasteiger partial charge in [0.25, 0.3) is 0 Å². The van der Waals surface area contributed by atoms with Gasteiger partial charge in [0.1, 0.15) is 6.07 Å². The van der Waals surface area contributed by atoms with E-state index in [1.165, 1.54) is 10.8 Å². The van der Waals surface area contributed by atoms with E-state index in [1.807, 2.05) is 36.4 Å². The van der Waals surface area contributed by atoms with Crippen molar-refractivity contribution < 1.29 is 0 Å². The molecule has 0 saturated heterocycles. The third kappa shape index (κ3) is 4.14. The number of hydrogen-bond acceptors (Lipinski definition) is 2. The first-order valence-electron chi connectivity index (χ1n) is 15.9. The Hall–Kier alpha value is -6.88. The summed E-state index contributed by atoms with van der Waals surface area (Å²) in [7, 11) is 0. The molecule has 2 heterocycles. The SMILES string of the molecule is N#Cc1cc(-c2ccc(-n3c4ccccc4c4cccc(C#N)c43)cc2)cc(-c2ccccc2-n2c3ccccc3c3ccccc32)c1. The van der Waals surface area contributed by atoms with Crippen LogP contribution in [-0.4, -0.2) is 9.13 Å². The normalized spacial score (nSPS) is 11.3. The van der Waals surface area contributed by atoms with Crippen molar-refractivity contribution in [1.82, 2.24) is 9.13 Å². The number of aromatic nitrogens is 2. The minimum Gasteiger partial charge on any atom is -0.309 e. The largest absolute Gasteiger partial charge is 0.309 e. The van der Waals surface area contributed by atoms with Crippen LogP contribution in [0.1, 0.15) is 11.1 Å². The van der Waals surface area contributed by atoms with E-state index in [2.05, 4.69) is 143 Å². The van der Waals surface area contributed by atoms with Gasteiger partial charge < -0.3 is 9.13 Å². The lowest BCUT2D eigenvalue weighted by Crippen LogP contribution is -1.97. The van der Waals surface area contributed by atoms with Crippen LogP contribution < -0.4 is 0 Å². The lowest BCUT2D eigenvalue weighted by molar-refractivity contribution is 1.18. The van der Waals surface area contributed by atoms with Crippen molar-refractivity contribution in [3.05, 3.63) is 169 Å². The number of nitrogens with zero attached hydrogens (tertiary/aromatic N) is 4. The Morgan fingerprint density at radius 1 is 0.417 bits per heavy atom. The predicted molar refractivity (Wildman–Crippen MR) is 195 cm³/mol.